The van der Waals surface area contributed by atoms with Crippen molar-refractivity contribution >= 4 is 21.9 Å². The van der Waals surface area contributed by atoms with E-state index < -0.39 is 16.0 Å². The van der Waals surface area contributed by atoms with Crippen molar-refractivity contribution in [2.75, 3.05) is 19.6 Å². The van der Waals surface area contributed by atoms with E-state index in [9.17, 15) is 23.1 Å². The highest BCUT2D eigenvalue weighted by Gasteiger charge is 2.43. The molecular formula is C19H24N2O5S. The van der Waals surface area contributed by atoms with Crippen LogP contribution in [0, 0.1) is 11.8 Å². The summed E-state index contributed by atoms with van der Waals surface area (Å²) in [6, 6.07) is 6.05. The molecule has 1 aromatic rings. The van der Waals surface area contributed by atoms with E-state index in [-0.39, 0.29) is 35.4 Å². The Bertz CT molecular complexity index is 861. The van der Waals surface area contributed by atoms with Crippen LogP contribution in [0.4, 0.5) is 0 Å². The minimum absolute atomic E-state index is 0.134. The van der Waals surface area contributed by atoms with Gasteiger partial charge in [0, 0.05) is 31.6 Å². The van der Waals surface area contributed by atoms with Crippen LogP contribution < -0.4 is 0 Å². The Morgan fingerprint density at radius 3 is 2.33 bits per heavy atom. The average molecular weight is 392 g/mol. The molecule has 8 heteroatoms. The van der Waals surface area contributed by atoms with Crippen LogP contribution in [-0.4, -0.2) is 60.3 Å². The smallest absolute Gasteiger partial charge is 0.337 e. The second-order valence-corrected chi connectivity index (χ2v) is 9.71. The van der Waals surface area contributed by atoms with E-state index in [1.807, 2.05) is 4.90 Å². The number of carbonyl (C=O) groups is 2. The largest absolute Gasteiger partial charge is 0.478 e. The molecule has 1 saturated carbocycles. The minimum atomic E-state index is -3.89. The van der Waals surface area contributed by atoms with Gasteiger partial charge in [-0.05, 0) is 50.2 Å². The molecule has 2 aliphatic heterocycles. The van der Waals surface area contributed by atoms with Gasteiger partial charge in [0.15, 0.2) is 0 Å². The Morgan fingerprint density at radius 1 is 1.04 bits per heavy atom. The third-order valence-corrected chi connectivity index (χ3v) is 8.19. The topological polar surface area (TPSA) is 95.0 Å². The maximum Gasteiger partial charge on any atom is 0.337 e. The molecule has 3 aliphatic rings. The van der Waals surface area contributed by atoms with Crippen molar-refractivity contribution in [1.82, 2.24) is 9.21 Å². The lowest BCUT2D eigenvalue weighted by Crippen LogP contribution is -2.46. The molecule has 2 unspecified atom stereocenters. The van der Waals surface area contributed by atoms with Crippen molar-refractivity contribution in [2.24, 2.45) is 11.8 Å². The molecule has 146 valence electrons. The van der Waals surface area contributed by atoms with Crippen LogP contribution in [0.5, 0.6) is 0 Å². The van der Waals surface area contributed by atoms with Crippen LogP contribution in [0.2, 0.25) is 0 Å². The predicted molar refractivity (Wildman–Crippen MR) is 97.7 cm³/mol. The number of nitrogens with zero attached hydrogens (tertiary/aromatic N) is 2. The summed E-state index contributed by atoms with van der Waals surface area (Å²) in [6.07, 6.45) is 4.40. The van der Waals surface area contributed by atoms with Crippen LogP contribution in [0.15, 0.2) is 29.2 Å². The van der Waals surface area contributed by atoms with Crippen LogP contribution in [0.1, 0.15) is 42.5 Å². The molecule has 27 heavy (non-hydrogen) atoms. The van der Waals surface area contributed by atoms with Gasteiger partial charge in [0.1, 0.15) is 0 Å². The van der Waals surface area contributed by atoms with Crippen LogP contribution in [0.3, 0.4) is 0 Å². The maximum atomic E-state index is 12.9. The van der Waals surface area contributed by atoms with Gasteiger partial charge in [-0.25, -0.2) is 13.2 Å². The fourth-order valence-corrected chi connectivity index (χ4v) is 6.43. The molecule has 2 atom stereocenters. The molecule has 0 aromatic heterocycles. The molecule has 3 fully saturated rings. The van der Waals surface area contributed by atoms with Crippen molar-refractivity contribution in [3.8, 4) is 0 Å². The van der Waals surface area contributed by atoms with E-state index in [0.29, 0.717) is 24.8 Å². The number of sulfonamides is 1. The zero-order valence-electron chi connectivity index (χ0n) is 15.1. The van der Waals surface area contributed by atoms with Gasteiger partial charge in [-0.15, -0.1) is 0 Å². The number of piperidine rings is 2. The molecule has 4 rings (SSSR count). The quantitative estimate of drug-likeness (QED) is 0.843. The number of aromatic carboxylic acids is 1. The fourth-order valence-electron chi connectivity index (χ4n) is 4.78. The van der Waals surface area contributed by atoms with Crippen LogP contribution >= 0.6 is 0 Å². The first-order valence-corrected chi connectivity index (χ1v) is 10.9. The number of carboxylic acids is 1. The lowest BCUT2D eigenvalue weighted by Gasteiger charge is -2.35. The summed E-state index contributed by atoms with van der Waals surface area (Å²) >= 11 is 0. The predicted octanol–water partition coefficient (Wildman–Crippen LogP) is 1.80. The highest BCUT2D eigenvalue weighted by atomic mass is 32.2. The Kier molecular flexibility index (Phi) is 4.71. The number of likely N-dealkylation sites (tertiary alicyclic amines) is 1. The number of amides is 1. The number of carboxylic acid groups (broad SMARTS) is 1. The maximum absolute atomic E-state index is 12.9. The Hall–Kier alpha value is -1.93. The number of benzene rings is 1. The zero-order valence-corrected chi connectivity index (χ0v) is 15.9. The summed E-state index contributed by atoms with van der Waals surface area (Å²) in [5.41, 5.74) is -0.219. The molecule has 1 aliphatic carbocycles. The van der Waals surface area contributed by atoms with Gasteiger partial charge < -0.3 is 10.0 Å². The van der Waals surface area contributed by atoms with Crippen molar-refractivity contribution in [3.05, 3.63) is 29.8 Å². The second-order valence-electron chi connectivity index (χ2n) is 7.80. The van der Waals surface area contributed by atoms with Crippen molar-refractivity contribution in [2.45, 2.75) is 43.0 Å². The van der Waals surface area contributed by atoms with Gasteiger partial charge >= 0.3 is 5.97 Å². The van der Waals surface area contributed by atoms with Crippen molar-refractivity contribution < 1.29 is 23.1 Å². The summed E-state index contributed by atoms with van der Waals surface area (Å²) < 4.78 is 27.1. The van der Waals surface area contributed by atoms with Gasteiger partial charge in [0.25, 0.3) is 0 Å². The molecular weight excluding hydrogens is 368 g/mol. The molecule has 2 heterocycles. The van der Waals surface area contributed by atoms with Crippen molar-refractivity contribution in [1.29, 1.82) is 0 Å². The van der Waals surface area contributed by atoms with E-state index >= 15 is 0 Å². The Morgan fingerprint density at radius 2 is 1.74 bits per heavy atom. The summed E-state index contributed by atoms with van der Waals surface area (Å²) in [5.74, 6) is -0.578. The van der Waals surface area contributed by atoms with Gasteiger partial charge in [0.05, 0.1) is 10.5 Å². The molecule has 1 aromatic carbocycles. The number of rotatable bonds is 4. The Balaban J connectivity index is 1.44. The zero-order chi connectivity index (χ0) is 19.2. The number of hydrogen-bond acceptors (Lipinski definition) is 4. The van der Waals surface area contributed by atoms with Gasteiger partial charge in [-0.1, -0.05) is 12.1 Å². The van der Waals surface area contributed by atoms with E-state index in [1.165, 1.54) is 35.0 Å². The summed E-state index contributed by atoms with van der Waals surface area (Å²) in [6.45, 7) is 1.34. The number of carbonyl (C=O) groups excluding carboxylic acids is 1. The first-order chi connectivity index (χ1) is 12.9. The molecule has 0 spiro atoms. The monoisotopic (exact) mass is 392 g/mol. The molecule has 1 N–H and O–H groups in total. The average Bonchev–Trinajstić information content (AvgIpc) is 3.31. The van der Waals surface area contributed by atoms with E-state index in [4.69, 9.17) is 0 Å². The molecule has 2 saturated heterocycles. The molecule has 7 nitrogen and oxygen atoms in total. The van der Waals surface area contributed by atoms with E-state index in [1.54, 1.807) is 0 Å². The molecule has 0 radical (unpaired) electrons. The highest BCUT2D eigenvalue weighted by molar-refractivity contribution is 7.89. The minimum Gasteiger partial charge on any atom is -0.478 e. The van der Waals surface area contributed by atoms with Gasteiger partial charge in [-0.3, -0.25) is 4.79 Å². The van der Waals surface area contributed by atoms with E-state index in [0.717, 1.165) is 19.4 Å². The lowest BCUT2D eigenvalue weighted by atomic mass is 9.95. The Labute approximate surface area is 159 Å². The SMILES string of the molecule is O=C(O)c1ccccc1S(=O)(=O)N1CCC(C(=O)N2CC3CCC2C3)CC1. The molecule has 1 amide bonds. The van der Waals surface area contributed by atoms with Gasteiger partial charge in [-0.2, -0.15) is 4.31 Å². The summed E-state index contributed by atoms with van der Waals surface area (Å²) in [7, 11) is -3.89. The van der Waals surface area contributed by atoms with Gasteiger partial charge in [0.2, 0.25) is 15.9 Å². The number of hydrogen-bond donors (Lipinski definition) is 1. The first kappa shape index (κ1) is 18.4. The fraction of sp³-hybridized carbons (Fsp3) is 0.579. The normalized spacial score (nSPS) is 26.4. The molecule has 2 bridgehead atoms. The van der Waals surface area contributed by atoms with Crippen LogP contribution in [-0.2, 0) is 14.8 Å². The van der Waals surface area contributed by atoms with Crippen molar-refractivity contribution in [3.63, 3.8) is 0 Å². The third kappa shape index (κ3) is 3.25. The standard InChI is InChI=1S/C19H24N2O5S/c22-18(21-12-13-5-6-15(21)11-13)14-7-9-20(10-8-14)27(25,26)17-4-2-1-3-16(17)19(23)24/h1-4,13-15H,5-12H2,(H,23,24). The van der Waals surface area contributed by atoms with Crippen LogP contribution in [0.25, 0.3) is 0 Å². The second kappa shape index (κ2) is 6.91. The third-order valence-electron chi connectivity index (χ3n) is 6.23. The summed E-state index contributed by atoms with van der Waals surface area (Å²) in [5, 5.41) is 9.28. The lowest BCUT2D eigenvalue weighted by molar-refractivity contribution is -0.138. The number of fused-ring (bicyclic) bond motifs is 2. The highest BCUT2D eigenvalue weighted by Crippen LogP contribution is 2.39. The summed E-state index contributed by atoms with van der Waals surface area (Å²) in [4.78, 5) is 26.0. The van der Waals surface area contributed by atoms with E-state index in [2.05, 4.69) is 0 Å². The first-order valence-electron chi connectivity index (χ1n) is 9.51.